The first-order valence-corrected chi connectivity index (χ1v) is 6.52. The predicted octanol–water partition coefficient (Wildman–Crippen LogP) is 3.60. The molecule has 100 valence electrons. The lowest BCUT2D eigenvalue weighted by Crippen LogP contribution is -1.98. The van der Waals surface area contributed by atoms with Crippen molar-refractivity contribution in [3.63, 3.8) is 0 Å². The molecule has 1 N–H and O–H groups in total. The fourth-order valence-corrected chi connectivity index (χ4v) is 1.78. The Morgan fingerprint density at radius 1 is 1.21 bits per heavy atom. The van der Waals surface area contributed by atoms with Gasteiger partial charge in [0.15, 0.2) is 11.5 Å². The van der Waals surface area contributed by atoms with E-state index in [-0.39, 0.29) is 0 Å². The van der Waals surface area contributed by atoms with Crippen LogP contribution in [0.15, 0.2) is 30.3 Å². The van der Waals surface area contributed by atoms with E-state index in [1.165, 1.54) is 0 Å². The van der Waals surface area contributed by atoms with E-state index in [9.17, 15) is 0 Å². The number of benzene rings is 1. The molecule has 0 radical (unpaired) electrons. The summed E-state index contributed by atoms with van der Waals surface area (Å²) in [6, 6.07) is 9.44. The number of rotatable bonds is 5. The van der Waals surface area contributed by atoms with E-state index < -0.39 is 0 Å². The third-order valence-corrected chi connectivity index (χ3v) is 2.83. The maximum absolute atomic E-state index is 5.62. The van der Waals surface area contributed by atoms with Gasteiger partial charge in [-0.1, -0.05) is 19.1 Å². The number of ether oxygens (including phenoxy) is 2. The molecule has 0 fully saturated rings. The molecule has 1 aromatic heterocycles. The molecule has 19 heavy (non-hydrogen) atoms. The molecule has 0 amide bonds. The van der Waals surface area contributed by atoms with Gasteiger partial charge in [-0.25, -0.2) is 0 Å². The molecule has 0 aliphatic heterocycles. The fraction of sp³-hybridized carbons (Fsp3) is 0.286. The summed E-state index contributed by atoms with van der Waals surface area (Å²) in [5, 5.41) is 6.97. The molecule has 1 heterocycles. The summed E-state index contributed by atoms with van der Waals surface area (Å²) < 4.78 is 11.6. The van der Waals surface area contributed by atoms with Crippen molar-refractivity contribution in [2.75, 3.05) is 13.7 Å². The van der Waals surface area contributed by atoms with Gasteiger partial charge < -0.3 is 9.47 Å². The molecule has 0 spiro atoms. The van der Waals surface area contributed by atoms with Crippen LogP contribution in [0.25, 0.3) is 11.3 Å². The highest BCUT2D eigenvalue weighted by atomic mass is 32.1. The molecule has 5 heteroatoms. The Morgan fingerprint density at radius 2 is 2.05 bits per heavy atom. The Bertz CT molecular complexity index is 590. The first-order chi connectivity index (χ1) is 9.24. The Kier molecular flexibility index (Phi) is 4.52. The van der Waals surface area contributed by atoms with Crippen LogP contribution in [0, 0.1) is 4.64 Å². The monoisotopic (exact) mass is 276 g/mol. The predicted molar refractivity (Wildman–Crippen MR) is 77.2 cm³/mol. The fourth-order valence-electron chi connectivity index (χ4n) is 1.66. The number of H-pyrrole nitrogens is 1. The highest BCUT2D eigenvalue weighted by Gasteiger charge is 2.07. The molecule has 1 aromatic carbocycles. The number of nitrogens with one attached hydrogen (secondary N) is 1. The summed E-state index contributed by atoms with van der Waals surface area (Å²) in [6.45, 7) is 2.74. The van der Waals surface area contributed by atoms with E-state index >= 15 is 0 Å². The molecule has 0 saturated carbocycles. The van der Waals surface area contributed by atoms with Crippen LogP contribution in [0.3, 0.4) is 0 Å². The van der Waals surface area contributed by atoms with E-state index in [0.717, 1.165) is 23.4 Å². The average Bonchev–Trinajstić information content (AvgIpc) is 2.46. The normalized spacial score (nSPS) is 10.2. The van der Waals surface area contributed by atoms with Crippen LogP contribution in [-0.4, -0.2) is 23.9 Å². The van der Waals surface area contributed by atoms with Gasteiger partial charge in [0.1, 0.15) is 4.64 Å². The average molecular weight is 276 g/mol. The largest absolute Gasteiger partial charge is 0.493 e. The maximum atomic E-state index is 5.62. The maximum Gasteiger partial charge on any atom is 0.161 e. The summed E-state index contributed by atoms with van der Waals surface area (Å²) in [6.07, 6.45) is 0.960. The number of nitrogens with zero attached hydrogens (tertiary/aromatic N) is 1. The second-order valence-electron chi connectivity index (χ2n) is 4.02. The van der Waals surface area contributed by atoms with Crippen molar-refractivity contribution >= 4 is 12.2 Å². The Labute approximate surface area is 117 Å². The third-order valence-electron chi connectivity index (χ3n) is 2.60. The van der Waals surface area contributed by atoms with Crippen molar-refractivity contribution in [1.29, 1.82) is 0 Å². The number of hydrogen-bond acceptors (Lipinski definition) is 4. The summed E-state index contributed by atoms with van der Waals surface area (Å²) in [4.78, 5) is 0. The van der Waals surface area contributed by atoms with Crippen LogP contribution in [0.5, 0.6) is 11.5 Å². The minimum Gasteiger partial charge on any atom is -0.493 e. The van der Waals surface area contributed by atoms with Crippen LogP contribution >= 0.6 is 12.2 Å². The molecule has 0 unspecified atom stereocenters. The van der Waals surface area contributed by atoms with E-state index in [2.05, 4.69) is 17.1 Å². The molecule has 0 atom stereocenters. The quantitative estimate of drug-likeness (QED) is 0.848. The minimum absolute atomic E-state index is 0.610. The standard InChI is InChI=1S/C14H16N2O2S/c1-3-8-18-12-6-4-10(9-13(12)17-2)11-5-7-14(19)16-15-11/h4-7,9H,3,8H2,1-2H3,(H,16,19). The lowest BCUT2D eigenvalue weighted by molar-refractivity contribution is 0.294. The van der Waals surface area contributed by atoms with Gasteiger partial charge in [-0.15, -0.1) is 0 Å². The number of aromatic amines is 1. The van der Waals surface area contributed by atoms with E-state index in [1.54, 1.807) is 7.11 Å². The SMILES string of the molecule is CCCOc1ccc(-c2ccc(=S)[nH]n2)cc1OC. The number of hydrogen-bond donors (Lipinski definition) is 1. The molecule has 2 rings (SSSR count). The van der Waals surface area contributed by atoms with E-state index in [4.69, 9.17) is 21.7 Å². The van der Waals surface area contributed by atoms with Gasteiger partial charge in [0.2, 0.25) is 0 Å². The molecule has 4 nitrogen and oxygen atoms in total. The molecule has 0 bridgehead atoms. The highest BCUT2D eigenvalue weighted by Crippen LogP contribution is 2.31. The second-order valence-corrected chi connectivity index (χ2v) is 4.46. The molecule has 0 aliphatic carbocycles. The first-order valence-electron chi connectivity index (χ1n) is 6.11. The van der Waals surface area contributed by atoms with Gasteiger partial charge in [0.25, 0.3) is 0 Å². The molecular weight excluding hydrogens is 260 g/mol. The zero-order chi connectivity index (χ0) is 13.7. The summed E-state index contributed by atoms with van der Waals surface area (Å²) in [7, 11) is 1.63. The van der Waals surface area contributed by atoms with Gasteiger partial charge in [-0.3, -0.25) is 5.10 Å². The second kappa shape index (κ2) is 6.33. The van der Waals surface area contributed by atoms with Gasteiger partial charge in [-0.05, 0) is 36.8 Å². The zero-order valence-electron chi connectivity index (χ0n) is 11.0. The topological polar surface area (TPSA) is 47.1 Å². The highest BCUT2D eigenvalue weighted by molar-refractivity contribution is 7.71. The smallest absolute Gasteiger partial charge is 0.161 e. The lowest BCUT2D eigenvalue weighted by Gasteiger charge is -2.11. The molecule has 2 aromatic rings. The third kappa shape index (κ3) is 3.32. The van der Waals surface area contributed by atoms with Crippen LogP contribution in [0.1, 0.15) is 13.3 Å². The number of methoxy groups -OCH3 is 1. The van der Waals surface area contributed by atoms with Crippen LogP contribution < -0.4 is 9.47 Å². The van der Waals surface area contributed by atoms with E-state index in [0.29, 0.717) is 17.0 Å². The van der Waals surface area contributed by atoms with Gasteiger partial charge in [0.05, 0.1) is 19.4 Å². The molecule has 0 aliphatic rings. The van der Waals surface area contributed by atoms with Crippen molar-refractivity contribution in [2.45, 2.75) is 13.3 Å². The van der Waals surface area contributed by atoms with Crippen molar-refractivity contribution in [1.82, 2.24) is 10.2 Å². The molecular formula is C14H16N2O2S. The summed E-state index contributed by atoms with van der Waals surface area (Å²) in [5.41, 5.74) is 1.76. The van der Waals surface area contributed by atoms with Gasteiger partial charge in [0, 0.05) is 5.56 Å². The minimum atomic E-state index is 0.610. The van der Waals surface area contributed by atoms with Crippen molar-refractivity contribution in [2.24, 2.45) is 0 Å². The van der Waals surface area contributed by atoms with Crippen molar-refractivity contribution < 1.29 is 9.47 Å². The Morgan fingerprint density at radius 3 is 2.68 bits per heavy atom. The van der Waals surface area contributed by atoms with Gasteiger partial charge >= 0.3 is 0 Å². The van der Waals surface area contributed by atoms with Crippen LogP contribution in [0.2, 0.25) is 0 Å². The number of aromatic nitrogens is 2. The van der Waals surface area contributed by atoms with Crippen LogP contribution in [0.4, 0.5) is 0 Å². The summed E-state index contributed by atoms with van der Waals surface area (Å²) >= 11 is 4.98. The Balaban J connectivity index is 2.32. The lowest BCUT2D eigenvalue weighted by atomic mass is 10.1. The van der Waals surface area contributed by atoms with Gasteiger partial charge in [-0.2, -0.15) is 5.10 Å². The van der Waals surface area contributed by atoms with Crippen molar-refractivity contribution in [3.05, 3.63) is 35.0 Å². The van der Waals surface area contributed by atoms with Crippen molar-refractivity contribution in [3.8, 4) is 22.8 Å². The van der Waals surface area contributed by atoms with E-state index in [1.807, 2.05) is 30.3 Å². The first kappa shape index (κ1) is 13.5. The summed E-state index contributed by atoms with van der Waals surface area (Å²) in [5.74, 6) is 1.45. The molecule has 0 saturated heterocycles. The Hall–Kier alpha value is -1.88. The van der Waals surface area contributed by atoms with Crippen LogP contribution in [-0.2, 0) is 0 Å². The zero-order valence-corrected chi connectivity index (χ0v) is 11.8.